The average molecular weight is 294 g/mol. The predicted octanol–water partition coefficient (Wildman–Crippen LogP) is 1.81. The first-order valence-electron chi connectivity index (χ1n) is 6.12. The fraction of sp³-hybridized carbons (Fsp3) is 0.308. The fourth-order valence-corrected chi connectivity index (χ4v) is 1.70. The summed E-state index contributed by atoms with van der Waals surface area (Å²) in [6.07, 6.45) is 0.544. The van der Waals surface area contributed by atoms with Gasteiger partial charge in [0, 0.05) is 31.1 Å². The maximum absolute atomic E-state index is 5.93. The van der Waals surface area contributed by atoms with Gasteiger partial charge in [0.2, 0.25) is 11.7 Å². The second-order valence-electron chi connectivity index (χ2n) is 4.41. The zero-order valence-corrected chi connectivity index (χ0v) is 12.1. The molecule has 106 valence electrons. The van der Waals surface area contributed by atoms with Crippen molar-refractivity contribution in [1.82, 2.24) is 15.0 Å². The third kappa shape index (κ3) is 3.71. The molecule has 0 unspecified atom stereocenters. The Hall–Kier alpha value is -2.08. The van der Waals surface area contributed by atoms with Gasteiger partial charge in [-0.05, 0) is 12.1 Å². The van der Waals surface area contributed by atoms with E-state index in [1.165, 1.54) is 0 Å². The number of guanidine groups is 1. The zero-order chi connectivity index (χ0) is 14.5. The van der Waals surface area contributed by atoms with Crippen molar-refractivity contribution in [3.05, 3.63) is 35.2 Å². The van der Waals surface area contributed by atoms with E-state index in [9.17, 15) is 0 Å². The maximum Gasteiger partial charge on any atom is 0.228 e. The fourth-order valence-electron chi connectivity index (χ4n) is 1.51. The van der Waals surface area contributed by atoms with E-state index in [2.05, 4.69) is 15.1 Å². The Morgan fingerprint density at radius 2 is 2.25 bits per heavy atom. The molecule has 0 radical (unpaired) electrons. The summed E-state index contributed by atoms with van der Waals surface area (Å²) in [4.78, 5) is 10.2. The predicted molar refractivity (Wildman–Crippen MR) is 78.6 cm³/mol. The highest BCUT2D eigenvalue weighted by molar-refractivity contribution is 6.30. The molecule has 2 N–H and O–H groups in total. The van der Waals surface area contributed by atoms with Gasteiger partial charge in [0.25, 0.3) is 0 Å². The Labute approximate surface area is 122 Å². The number of nitrogens with two attached hydrogens (primary N) is 1. The highest BCUT2D eigenvalue weighted by Gasteiger charge is 2.08. The van der Waals surface area contributed by atoms with Crippen LogP contribution in [0.1, 0.15) is 5.89 Å². The van der Waals surface area contributed by atoms with Crippen LogP contribution in [-0.4, -0.2) is 41.6 Å². The molecule has 0 amide bonds. The standard InChI is InChI=1S/C13H16ClN5O/c1-19(2)13(15)16-7-6-11-17-12(18-20-11)9-4-3-5-10(14)8-9/h3-5,8H,6-7H2,1-2H3,(H2,15,16). The molecule has 0 fully saturated rings. The zero-order valence-electron chi connectivity index (χ0n) is 11.4. The van der Waals surface area contributed by atoms with Gasteiger partial charge in [-0.1, -0.05) is 28.9 Å². The Kier molecular flexibility index (Phi) is 4.57. The minimum Gasteiger partial charge on any atom is -0.370 e. The van der Waals surface area contributed by atoms with Gasteiger partial charge >= 0.3 is 0 Å². The van der Waals surface area contributed by atoms with E-state index >= 15 is 0 Å². The number of halogens is 1. The lowest BCUT2D eigenvalue weighted by Crippen LogP contribution is -2.30. The molecule has 0 aliphatic carbocycles. The summed E-state index contributed by atoms with van der Waals surface area (Å²) in [7, 11) is 3.67. The van der Waals surface area contributed by atoms with Gasteiger partial charge in [-0.3, -0.25) is 4.99 Å². The minimum absolute atomic E-state index is 0.472. The van der Waals surface area contributed by atoms with Crippen molar-refractivity contribution in [2.75, 3.05) is 20.6 Å². The topological polar surface area (TPSA) is 80.5 Å². The van der Waals surface area contributed by atoms with Crippen LogP contribution in [-0.2, 0) is 6.42 Å². The smallest absolute Gasteiger partial charge is 0.228 e. The molecule has 0 atom stereocenters. The molecule has 2 rings (SSSR count). The summed E-state index contributed by atoms with van der Waals surface area (Å²) >= 11 is 5.93. The van der Waals surface area contributed by atoms with Gasteiger partial charge in [0.15, 0.2) is 5.96 Å². The van der Waals surface area contributed by atoms with Crippen molar-refractivity contribution in [3.8, 4) is 11.4 Å². The number of rotatable bonds is 4. The molecule has 6 nitrogen and oxygen atoms in total. The number of aromatic nitrogens is 2. The average Bonchev–Trinajstić information content (AvgIpc) is 2.87. The molecular weight excluding hydrogens is 278 g/mol. The second-order valence-corrected chi connectivity index (χ2v) is 4.84. The van der Waals surface area contributed by atoms with Crippen molar-refractivity contribution in [2.45, 2.75) is 6.42 Å². The van der Waals surface area contributed by atoms with Crippen molar-refractivity contribution < 1.29 is 4.52 Å². The summed E-state index contributed by atoms with van der Waals surface area (Å²) < 4.78 is 5.17. The number of hydrogen-bond donors (Lipinski definition) is 1. The molecule has 2 aromatic rings. The van der Waals surface area contributed by atoms with Crippen LogP contribution in [0.3, 0.4) is 0 Å². The first kappa shape index (κ1) is 14.3. The molecule has 0 bridgehead atoms. The molecule has 0 aliphatic rings. The lowest BCUT2D eigenvalue weighted by atomic mass is 10.2. The van der Waals surface area contributed by atoms with Crippen molar-refractivity contribution in [2.24, 2.45) is 10.7 Å². The number of hydrogen-bond acceptors (Lipinski definition) is 4. The van der Waals surface area contributed by atoms with Crippen LogP contribution in [0.4, 0.5) is 0 Å². The Balaban J connectivity index is 2.01. The van der Waals surface area contributed by atoms with Crippen molar-refractivity contribution >= 4 is 17.6 Å². The quantitative estimate of drug-likeness (QED) is 0.687. The van der Waals surface area contributed by atoms with Crippen LogP contribution in [0, 0.1) is 0 Å². The van der Waals surface area contributed by atoms with Crippen LogP contribution >= 0.6 is 11.6 Å². The number of nitrogens with zero attached hydrogens (tertiary/aromatic N) is 4. The molecule has 0 spiro atoms. The molecule has 1 aromatic heterocycles. The molecule has 0 aliphatic heterocycles. The normalized spacial score (nSPS) is 11.7. The van der Waals surface area contributed by atoms with Crippen LogP contribution in [0.15, 0.2) is 33.8 Å². The van der Waals surface area contributed by atoms with E-state index in [4.69, 9.17) is 21.9 Å². The Morgan fingerprint density at radius 1 is 1.45 bits per heavy atom. The van der Waals surface area contributed by atoms with Gasteiger partial charge in [-0.2, -0.15) is 4.98 Å². The monoisotopic (exact) mass is 293 g/mol. The van der Waals surface area contributed by atoms with Gasteiger partial charge in [0.1, 0.15) is 0 Å². The van der Waals surface area contributed by atoms with Crippen LogP contribution in [0.25, 0.3) is 11.4 Å². The highest BCUT2D eigenvalue weighted by atomic mass is 35.5. The van der Waals surface area contributed by atoms with E-state index in [0.717, 1.165) is 5.56 Å². The molecule has 1 aromatic carbocycles. The van der Waals surface area contributed by atoms with Gasteiger partial charge in [-0.15, -0.1) is 0 Å². The molecule has 20 heavy (non-hydrogen) atoms. The van der Waals surface area contributed by atoms with Crippen molar-refractivity contribution in [1.29, 1.82) is 0 Å². The van der Waals surface area contributed by atoms with Gasteiger partial charge in [0.05, 0.1) is 6.54 Å². The van der Waals surface area contributed by atoms with E-state index in [1.807, 2.05) is 26.2 Å². The van der Waals surface area contributed by atoms with E-state index in [1.54, 1.807) is 17.0 Å². The lowest BCUT2D eigenvalue weighted by molar-refractivity contribution is 0.380. The Bertz CT molecular complexity index is 608. The van der Waals surface area contributed by atoms with Crippen LogP contribution < -0.4 is 5.73 Å². The largest absolute Gasteiger partial charge is 0.370 e. The van der Waals surface area contributed by atoms with Crippen LogP contribution in [0.2, 0.25) is 5.02 Å². The summed E-state index contributed by atoms with van der Waals surface area (Å²) in [5, 5.41) is 4.56. The van der Waals surface area contributed by atoms with E-state index < -0.39 is 0 Å². The molecular formula is C13H16ClN5O. The third-order valence-electron chi connectivity index (χ3n) is 2.61. The van der Waals surface area contributed by atoms with Crippen LogP contribution in [0.5, 0.6) is 0 Å². The number of aliphatic imine (C=N–C) groups is 1. The van der Waals surface area contributed by atoms with Gasteiger partial charge < -0.3 is 15.2 Å². The SMILES string of the molecule is CN(C)C(N)=NCCc1nc(-c2cccc(Cl)c2)no1. The second kappa shape index (κ2) is 6.38. The van der Waals surface area contributed by atoms with Crippen molar-refractivity contribution in [3.63, 3.8) is 0 Å². The van der Waals surface area contributed by atoms with Gasteiger partial charge in [-0.25, -0.2) is 0 Å². The molecule has 1 heterocycles. The number of benzene rings is 1. The Morgan fingerprint density at radius 3 is 2.95 bits per heavy atom. The lowest BCUT2D eigenvalue weighted by Gasteiger charge is -2.09. The summed E-state index contributed by atoms with van der Waals surface area (Å²) in [6.45, 7) is 0.501. The minimum atomic E-state index is 0.472. The first-order chi connectivity index (χ1) is 9.56. The van der Waals surface area contributed by atoms with E-state index in [-0.39, 0.29) is 0 Å². The highest BCUT2D eigenvalue weighted by Crippen LogP contribution is 2.19. The molecule has 0 saturated carbocycles. The van der Waals surface area contributed by atoms with E-state index in [0.29, 0.717) is 35.7 Å². The first-order valence-corrected chi connectivity index (χ1v) is 6.50. The maximum atomic E-state index is 5.93. The summed E-state index contributed by atoms with van der Waals surface area (Å²) in [6, 6.07) is 7.31. The molecule has 0 saturated heterocycles. The third-order valence-corrected chi connectivity index (χ3v) is 2.84. The molecule has 7 heteroatoms. The summed E-state index contributed by atoms with van der Waals surface area (Å²) in [5.41, 5.74) is 6.51. The summed E-state index contributed by atoms with van der Waals surface area (Å²) in [5.74, 6) is 1.52.